The summed E-state index contributed by atoms with van der Waals surface area (Å²) in [6, 6.07) is -3.22. The highest BCUT2D eigenvalue weighted by atomic mass is 16.4. The minimum absolute atomic E-state index is 0.0255. The number of carboxylic acids is 9. The van der Waals surface area contributed by atoms with E-state index in [-0.39, 0.29) is 67.9 Å². The third-order valence-corrected chi connectivity index (χ3v) is 15.7. The predicted octanol–water partition coefficient (Wildman–Crippen LogP) is -3.53. The molecule has 51 N–H and O–H groups in total. The number of aliphatic carboxylic acids is 9. The van der Waals surface area contributed by atoms with E-state index in [9.17, 15) is 58.5 Å². The highest BCUT2D eigenvalue weighted by molar-refractivity contribution is 5.93. The van der Waals surface area contributed by atoms with E-state index >= 15 is 0 Å². The number of nitrogens with zero attached hydrogens (tertiary/aromatic N) is 12. The van der Waals surface area contributed by atoms with Gasteiger partial charge in [0.05, 0.1) is 109 Å². The van der Waals surface area contributed by atoms with Gasteiger partial charge in [0.25, 0.3) is 35.8 Å². The second-order valence-electron chi connectivity index (χ2n) is 31.2. The zero-order chi connectivity index (χ0) is 118. The highest BCUT2D eigenvalue weighted by Gasteiger charge is 2.13. The largest absolute Gasteiger partial charge is 0.544 e. The summed E-state index contributed by atoms with van der Waals surface area (Å²) in [7, 11) is 21.0. The number of rotatable bonds is 50. The van der Waals surface area contributed by atoms with Gasteiger partial charge in [0.15, 0.2) is 0 Å². The Kier molecular flexibility index (Phi) is 124. The third kappa shape index (κ3) is 168. The van der Waals surface area contributed by atoms with Crippen LogP contribution in [-0.4, -0.2) is 286 Å². The van der Waals surface area contributed by atoms with Crippen LogP contribution in [0.4, 0.5) is 0 Å². The lowest BCUT2D eigenvalue weighted by molar-refractivity contribution is -0.466. The SMILES string of the molecule is CC/C=C\C/C=C\C/C=C\C/C=C\C/C=C\C/C=C\CCC(=O)O.CC/C=C\C/C=C\C/C=C\C/C=C\C/C=C\CCCC(=O)O.CC/C=C\C/C=C\C/C=C\C/C=C\C/C=C\CCCC(=O)O.C[N+](C)=C(N)N=C(N)N.C[N+](C)=C(N)N=C(N)N.C[N+](C)=C(N)N=C(N)N.C[N+](C)=C(N)N=C(N)N.C[N+](C)=C(N)N=C(N)N.C[N+](C)=C(N)N=C(N)N.[NH3+][C@@H](CC(=O)O)C(=O)[O-].[NH3+][C@@H](CC(=O)O)C(=O)[O-].[NH3+][C@@H](CCC(=O)O)C(=O)[O-]. The summed E-state index contributed by atoms with van der Waals surface area (Å²) in [4.78, 5) is 111. The van der Waals surface area contributed by atoms with Gasteiger partial charge in [-0.2, -0.15) is 0 Å². The highest BCUT2D eigenvalue weighted by Crippen LogP contribution is 2.04. The molecule has 0 fully saturated rings. The van der Waals surface area contributed by atoms with Crippen LogP contribution in [0, 0.1) is 0 Å². The Morgan fingerprint density at radius 3 is 0.487 bits per heavy atom. The van der Waals surface area contributed by atoms with E-state index in [4.69, 9.17) is 134 Å². The number of allylic oxidation sites excluding steroid dienone is 32. The number of aliphatic imine (C=N–C) groups is 6. The molecule has 150 heavy (non-hydrogen) atoms. The first kappa shape index (κ1) is 159. The van der Waals surface area contributed by atoms with E-state index in [0.29, 0.717) is 42.2 Å². The Morgan fingerprint density at radius 2 is 0.373 bits per heavy atom. The fourth-order valence-corrected chi connectivity index (χ4v) is 7.72. The van der Waals surface area contributed by atoms with E-state index in [1.54, 1.807) is 112 Å². The second kappa shape index (κ2) is 118. The van der Waals surface area contributed by atoms with Crippen molar-refractivity contribution in [3.63, 3.8) is 0 Å². The van der Waals surface area contributed by atoms with E-state index < -0.39 is 84.7 Å². The maximum atomic E-state index is 10.3. The molecule has 51 nitrogen and oxygen atoms in total. The first-order valence-electron chi connectivity index (χ1n) is 47.3. The Hall–Kier alpha value is -16.6. The van der Waals surface area contributed by atoms with E-state index in [2.05, 4.69) is 250 Å². The van der Waals surface area contributed by atoms with E-state index in [0.717, 1.165) is 128 Å². The molecule has 0 amide bonds. The minimum atomic E-state index is -1.43. The van der Waals surface area contributed by atoms with Crippen LogP contribution >= 0.6 is 0 Å². The quantitative estimate of drug-likeness (QED) is 0.00922. The van der Waals surface area contributed by atoms with Crippen LogP contribution in [0.3, 0.4) is 0 Å². The second-order valence-corrected chi connectivity index (χ2v) is 31.2. The Morgan fingerprint density at radius 1 is 0.227 bits per heavy atom. The van der Waals surface area contributed by atoms with Crippen molar-refractivity contribution < 1.29 is 134 Å². The van der Waals surface area contributed by atoms with Gasteiger partial charge in [-0.3, -0.25) is 90.6 Å². The molecule has 0 spiro atoms. The van der Waals surface area contributed by atoms with Crippen LogP contribution in [-0.2, 0) is 43.2 Å². The van der Waals surface area contributed by atoms with Crippen molar-refractivity contribution in [2.75, 3.05) is 84.6 Å². The van der Waals surface area contributed by atoms with Gasteiger partial charge in [-0.1, -0.05) is 215 Å². The molecule has 0 radical (unpaired) electrons. The van der Waals surface area contributed by atoms with Crippen molar-refractivity contribution in [3.8, 4) is 0 Å². The number of nitrogens with two attached hydrogens (primary N) is 18. The predicted molar refractivity (Wildman–Crippen MR) is 596 cm³/mol. The van der Waals surface area contributed by atoms with Crippen LogP contribution in [0.25, 0.3) is 0 Å². The number of hydrogen-bond acceptors (Lipinski definition) is 12. The fraction of sp³-hybridized carbons (Fsp3) is 0.465. The Labute approximate surface area is 885 Å². The normalized spacial score (nSPS) is 11.1. The van der Waals surface area contributed by atoms with Gasteiger partial charge < -0.3 is 146 Å². The average Bonchev–Trinajstić information content (AvgIpc) is 1.02. The lowest BCUT2D eigenvalue weighted by atomic mass is 10.2. The number of carboxylic acid groups (broad SMARTS) is 9. The van der Waals surface area contributed by atoms with Crippen LogP contribution < -0.4 is 136 Å². The molecule has 51 heteroatoms. The van der Waals surface area contributed by atoms with Gasteiger partial charge >= 0.3 is 71.6 Å². The molecule has 0 rings (SSSR count). The molecule has 0 aliphatic rings. The molecule has 0 aliphatic carbocycles. The van der Waals surface area contributed by atoms with Crippen LogP contribution in [0.1, 0.15) is 201 Å². The van der Waals surface area contributed by atoms with E-state index in [1.165, 1.54) is 0 Å². The van der Waals surface area contributed by atoms with Gasteiger partial charge in [-0.25, -0.2) is 0 Å². The molecule has 0 aliphatic heterocycles. The Balaban J connectivity index is -0.000000142. The molecule has 3 atom stereocenters. The number of carbonyl (C=O) groups excluding carboxylic acids is 3. The standard InChI is InChI=1S/C22H32O2.2C20H30O2.C5H9NO4.6C4H11N5.2C4H7NO4/c1-2-3-4-5-6-7-8-9-10-11-12-13-14-15-16-17-18-19-20-21-22(23)24;2*1-2-3-4-5-6-7-8-9-10-11-12-13-14-15-16-17-18-19-20(21)22;6-3(5(9)10)1-2-4(7)8;6*1-9(2)4(7)8-3(5)6;2*5-2(4(8)9)1-3(6)7/h3-4,6-7,9-10,12-13,15-16,18-19H,2,5,8,11,14,17,20-21H2,1H3,(H,23,24);2*3-4,6-7,9-10,12-13,15-16H,2,5,8,11,14,17-19H2,1H3,(H,21,22);3H,1-2,6H2,(H,7,8)(H,9,10);6*1-2H3,(H5,5,6,7,8);2*2H,1,5H2,(H,6,7)(H,8,9)/p+6/b4-3-,7-6-,10-9-,13-12-,16-15-,19-18-;2*4-3-,7-6-,10-9-,13-12-,16-15-;;;;;;;;;/t;;;3-;;;;;;;2*2-/m...0......00/s1. The van der Waals surface area contributed by atoms with Gasteiger partial charge in [0, 0.05) is 25.7 Å². The van der Waals surface area contributed by atoms with Crippen molar-refractivity contribution in [1.29, 1.82) is 0 Å². The molecule has 0 unspecified atom stereocenters. The summed E-state index contributed by atoms with van der Waals surface area (Å²) >= 11 is 0. The molecule has 0 heterocycles. The number of unbranched alkanes of at least 4 members (excludes halogenated alkanes) is 2. The fourth-order valence-electron chi connectivity index (χ4n) is 7.72. The molecule has 0 saturated heterocycles. The molecule has 0 bridgehead atoms. The van der Waals surface area contributed by atoms with Gasteiger partial charge in [-0.15, -0.1) is 0 Å². The summed E-state index contributed by atoms with van der Waals surface area (Å²) in [5.74, 6) is -8.08. The Bertz CT molecular complexity index is 4200. The summed E-state index contributed by atoms with van der Waals surface area (Å²) in [6.07, 6.45) is 88.2. The monoisotopic (exact) mass is 2130 g/mol. The van der Waals surface area contributed by atoms with Crippen molar-refractivity contribution in [2.24, 2.45) is 133 Å². The third-order valence-electron chi connectivity index (χ3n) is 15.7. The zero-order valence-corrected chi connectivity index (χ0v) is 91.0. The minimum Gasteiger partial charge on any atom is -0.544 e. The average molecular weight is 2130 g/mol. The van der Waals surface area contributed by atoms with Crippen molar-refractivity contribution in [1.82, 2.24) is 0 Å². The number of quaternary nitrogens is 3. The molecule has 0 aromatic heterocycles. The summed E-state index contributed by atoms with van der Waals surface area (Å²) in [5, 5.41) is 79.1. The van der Waals surface area contributed by atoms with Gasteiger partial charge in [0.2, 0.25) is 0 Å². The molecular formula is C99H187N33O18+6. The lowest BCUT2D eigenvalue weighted by Crippen LogP contribution is -2.68. The van der Waals surface area contributed by atoms with Crippen molar-refractivity contribution >= 4 is 125 Å². The maximum absolute atomic E-state index is 10.3. The topological polar surface area (TPSA) is 988 Å². The van der Waals surface area contributed by atoms with Gasteiger partial charge in [-0.05, 0) is 165 Å². The van der Waals surface area contributed by atoms with Crippen LogP contribution in [0.5, 0.6) is 0 Å². The molecular weight excluding hydrogens is 1940 g/mol. The molecule has 850 valence electrons. The van der Waals surface area contributed by atoms with Crippen LogP contribution in [0.15, 0.2) is 224 Å². The van der Waals surface area contributed by atoms with Gasteiger partial charge in [0.1, 0.15) is 31.0 Å². The molecule has 0 aromatic carbocycles. The lowest BCUT2D eigenvalue weighted by Gasteiger charge is -2.05. The maximum Gasteiger partial charge on any atom is 0.387 e. The van der Waals surface area contributed by atoms with Crippen LogP contribution in [0.2, 0.25) is 0 Å². The summed E-state index contributed by atoms with van der Waals surface area (Å²) < 4.78 is 9.67. The number of guanidine groups is 12. The summed E-state index contributed by atoms with van der Waals surface area (Å²) in [5.41, 5.74) is 102. The zero-order valence-electron chi connectivity index (χ0n) is 91.0. The first-order valence-corrected chi connectivity index (χ1v) is 47.3. The smallest absolute Gasteiger partial charge is 0.387 e. The van der Waals surface area contributed by atoms with Crippen molar-refractivity contribution in [2.45, 2.75) is 219 Å². The number of carbonyl (C=O) groups is 9. The summed E-state index contributed by atoms with van der Waals surface area (Å²) in [6.45, 7) is 6.44. The first-order chi connectivity index (χ1) is 70.1. The number of hydrogen-bond donors (Lipinski definition) is 27. The molecule has 0 saturated carbocycles. The molecule has 0 aromatic rings. The van der Waals surface area contributed by atoms with E-state index in [1.807, 2.05) is 12.2 Å². The van der Waals surface area contributed by atoms with Crippen molar-refractivity contribution in [3.05, 3.63) is 194 Å².